The third kappa shape index (κ3) is 4.60. The maximum absolute atomic E-state index is 8.84. The van der Waals surface area contributed by atoms with E-state index in [2.05, 4.69) is 11.8 Å². The van der Waals surface area contributed by atoms with Gasteiger partial charge in [0.05, 0.1) is 13.2 Å². The number of rotatable bonds is 5. The molecule has 1 aliphatic rings. The summed E-state index contributed by atoms with van der Waals surface area (Å²) in [6.07, 6.45) is 2.33. The van der Waals surface area contributed by atoms with Crippen molar-refractivity contribution < 1.29 is 9.84 Å². The molecule has 0 bridgehead atoms. The van der Waals surface area contributed by atoms with Crippen molar-refractivity contribution in [2.45, 2.75) is 19.8 Å². The molecule has 78 valence electrons. The monoisotopic (exact) mass is 187 g/mol. The molecule has 1 atom stereocenters. The maximum atomic E-state index is 8.84. The van der Waals surface area contributed by atoms with Gasteiger partial charge in [0, 0.05) is 19.7 Å². The molecule has 1 saturated heterocycles. The summed E-state index contributed by atoms with van der Waals surface area (Å²) in [5, 5.41) is 8.84. The van der Waals surface area contributed by atoms with Crippen LogP contribution in [0.2, 0.25) is 0 Å². The lowest BCUT2D eigenvalue weighted by atomic mass is 10.1. The maximum Gasteiger partial charge on any atom is 0.0594 e. The van der Waals surface area contributed by atoms with Gasteiger partial charge < -0.3 is 9.84 Å². The van der Waals surface area contributed by atoms with Gasteiger partial charge in [-0.05, 0) is 25.3 Å². The Balaban J connectivity index is 1.98. The van der Waals surface area contributed by atoms with Crippen molar-refractivity contribution in [2.75, 3.05) is 39.5 Å². The molecule has 0 aromatic carbocycles. The first-order chi connectivity index (χ1) is 6.33. The zero-order valence-electron chi connectivity index (χ0n) is 8.54. The zero-order chi connectivity index (χ0) is 9.52. The lowest BCUT2D eigenvalue weighted by Gasteiger charge is -2.26. The number of ether oxygens (including phenoxy) is 1. The van der Waals surface area contributed by atoms with Gasteiger partial charge in [-0.2, -0.15) is 0 Å². The Bertz CT molecular complexity index is 124. The molecule has 1 heterocycles. The van der Waals surface area contributed by atoms with E-state index in [9.17, 15) is 0 Å². The third-order valence-electron chi connectivity index (χ3n) is 2.59. The smallest absolute Gasteiger partial charge is 0.0594 e. The van der Waals surface area contributed by atoms with E-state index in [1.165, 1.54) is 6.42 Å². The molecule has 1 fully saturated rings. The minimum Gasteiger partial charge on any atom is -0.396 e. The molecule has 0 aliphatic carbocycles. The fourth-order valence-corrected chi connectivity index (χ4v) is 1.58. The highest BCUT2D eigenvalue weighted by molar-refractivity contribution is 4.62. The van der Waals surface area contributed by atoms with Crippen LogP contribution in [0.1, 0.15) is 19.8 Å². The lowest BCUT2D eigenvalue weighted by Crippen LogP contribution is -2.36. The van der Waals surface area contributed by atoms with Crippen molar-refractivity contribution in [3.8, 4) is 0 Å². The van der Waals surface area contributed by atoms with Crippen LogP contribution in [-0.2, 0) is 4.74 Å². The second-order valence-corrected chi connectivity index (χ2v) is 3.88. The van der Waals surface area contributed by atoms with Crippen molar-refractivity contribution in [1.29, 1.82) is 0 Å². The van der Waals surface area contributed by atoms with Crippen LogP contribution in [0, 0.1) is 5.92 Å². The van der Waals surface area contributed by atoms with Crippen LogP contribution < -0.4 is 0 Å². The van der Waals surface area contributed by atoms with Crippen molar-refractivity contribution in [3.63, 3.8) is 0 Å². The predicted molar refractivity (Wildman–Crippen MR) is 52.7 cm³/mol. The Morgan fingerprint density at radius 1 is 1.38 bits per heavy atom. The van der Waals surface area contributed by atoms with Gasteiger partial charge in [-0.1, -0.05) is 6.92 Å². The Morgan fingerprint density at radius 3 is 2.69 bits per heavy atom. The van der Waals surface area contributed by atoms with E-state index in [-0.39, 0.29) is 0 Å². The number of morpholine rings is 1. The molecule has 0 aromatic rings. The van der Waals surface area contributed by atoms with Crippen LogP contribution in [0.5, 0.6) is 0 Å². The van der Waals surface area contributed by atoms with Crippen molar-refractivity contribution >= 4 is 0 Å². The van der Waals surface area contributed by atoms with Gasteiger partial charge in [0.1, 0.15) is 0 Å². The molecule has 1 unspecified atom stereocenters. The average Bonchev–Trinajstić information content (AvgIpc) is 2.19. The summed E-state index contributed by atoms with van der Waals surface area (Å²) in [5.74, 6) is 0.459. The van der Waals surface area contributed by atoms with Crippen LogP contribution in [-0.4, -0.2) is 49.5 Å². The van der Waals surface area contributed by atoms with E-state index in [4.69, 9.17) is 9.84 Å². The van der Waals surface area contributed by atoms with Gasteiger partial charge in [0.2, 0.25) is 0 Å². The van der Waals surface area contributed by atoms with E-state index < -0.39 is 0 Å². The Kier molecular flexibility index (Phi) is 5.35. The Labute approximate surface area is 80.7 Å². The van der Waals surface area contributed by atoms with Crippen LogP contribution in [0.4, 0.5) is 0 Å². The normalized spacial score (nSPS) is 21.7. The summed E-state index contributed by atoms with van der Waals surface area (Å²) >= 11 is 0. The summed E-state index contributed by atoms with van der Waals surface area (Å²) in [4.78, 5) is 2.44. The summed E-state index contributed by atoms with van der Waals surface area (Å²) in [6, 6.07) is 0. The van der Waals surface area contributed by atoms with Gasteiger partial charge >= 0.3 is 0 Å². The molecule has 0 radical (unpaired) electrons. The van der Waals surface area contributed by atoms with Gasteiger partial charge in [-0.15, -0.1) is 0 Å². The molecule has 0 spiro atoms. The van der Waals surface area contributed by atoms with Gasteiger partial charge in [-0.3, -0.25) is 4.90 Å². The number of aliphatic hydroxyl groups is 1. The summed E-state index contributed by atoms with van der Waals surface area (Å²) in [6.45, 7) is 7.50. The molecule has 3 nitrogen and oxygen atoms in total. The molecule has 0 aromatic heterocycles. The predicted octanol–water partition coefficient (Wildman–Crippen LogP) is 0.727. The second-order valence-electron chi connectivity index (χ2n) is 3.88. The SMILES string of the molecule is CC(CO)CCCN1CCOCC1. The molecule has 1 rings (SSSR count). The Hall–Kier alpha value is -0.120. The standard InChI is InChI=1S/C10H21NO2/c1-10(9-12)3-2-4-11-5-7-13-8-6-11/h10,12H,2-9H2,1H3. The van der Waals surface area contributed by atoms with E-state index in [1.807, 2.05) is 0 Å². The third-order valence-corrected chi connectivity index (χ3v) is 2.59. The zero-order valence-corrected chi connectivity index (χ0v) is 8.54. The number of aliphatic hydroxyl groups excluding tert-OH is 1. The summed E-state index contributed by atoms with van der Waals surface area (Å²) in [7, 11) is 0. The first kappa shape index (κ1) is 11.0. The second kappa shape index (κ2) is 6.35. The fourth-order valence-electron chi connectivity index (χ4n) is 1.58. The van der Waals surface area contributed by atoms with E-state index >= 15 is 0 Å². The quantitative estimate of drug-likeness (QED) is 0.688. The van der Waals surface area contributed by atoms with Gasteiger partial charge in [0.15, 0.2) is 0 Å². The number of hydrogen-bond acceptors (Lipinski definition) is 3. The minimum atomic E-state index is 0.323. The molecule has 1 aliphatic heterocycles. The van der Waals surface area contributed by atoms with Gasteiger partial charge in [0.25, 0.3) is 0 Å². The van der Waals surface area contributed by atoms with Gasteiger partial charge in [-0.25, -0.2) is 0 Å². The average molecular weight is 187 g/mol. The van der Waals surface area contributed by atoms with E-state index in [1.54, 1.807) is 0 Å². The van der Waals surface area contributed by atoms with E-state index in [0.717, 1.165) is 39.3 Å². The van der Waals surface area contributed by atoms with E-state index in [0.29, 0.717) is 12.5 Å². The molecule has 3 heteroatoms. The van der Waals surface area contributed by atoms with Crippen LogP contribution >= 0.6 is 0 Å². The molecular formula is C10H21NO2. The van der Waals surface area contributed by atoms with Crippen LogP contribution in [0.25, 0.3) is 0 Å². The largest absolute Gasteiger partial charge is 0.396 e. The molecular weight excluding hydrogens is 166 g/mol. The Morgan fingerprint density at radius 2 is 2.08 bits per heavy atom. The highest BCUT2D eigenvalue weighted by Crippen LogP contribution is 2.06. The first-order valence-corrected chi connectivity index (χ1v) is 5.24. The molecule has 1 N–H and O–H groups in total. The number of nitrogens with zero attached hydrogens (tertiary/aromatic N) is 1. The fraction of sp³-hybridized carbons (Fsp3) is 1.00. The van der Waals surface area contributed by atoms with Crippen LogP contribution in [0.3, 0.4) is 0 Å². The van der Waals surface area contributed by atoms with Crippen molar-refractivity contribution in [2.24, 2.45) is 5.92 Å². The summed E-state index contributed by atoms with van der Waals surface area (Å²) in [5.41, 5.74) is 0. The highest BCUT2D eigenvalue weighted by Gasteiger charge is 2.09. The highest BCUT2D eigenvalue weighted by atomic mass is 16.5. The molecule has 0 saturated carbocycles. The van der Waals surface area contributed by atoms with Crippen LogP contribution in [0.15, 0.2) is 0 Å². The molecule has 13 heavy (non-hydrogen) atoms. The van der Waals surface area contributed by atoms with Crippen molar-refractivity contribution in [1.82, 2.24) is 4.90 Å². The number of hydrogen-bond donors (Lipinski definition) is 1. The first-order valence-electron chi connectivity index (χ1n) is 5.24. The van der Waals surface area contributed by atoms with Crippen molar-refractivity contribution in [3.05, 3.63) is 0 Å². The summed E-state index contributed by atoms with van der Waals surface area (Å²) < 4.78 is 5.27. The lowest BCUT2D eigenvalue weighted by molar-refractivity contribution is 0.0364. The topological polar surface area (TPSA) is 32.7 Å². The minimum absolute atomic E-state index is 0.323. The molecule has 0 amide bonds.